The van der Waals surface area contributed by atoms with Crippen molar-refractivity contribution in [3.05, 3.63) is 216 Å². The Kier molecular flexibility index (Phi) is 149. The van der Waals surface area contributed by atoms with Crippen molar-refractivity contribution in [2.24, 2.45) is 0 Å². The number of hydrogen-bond acceptors (Lipinski definition) is 8. The largest absolute Gasteiger partial charge is 3.00 e. The van der Waals surface area contributed by atoms with Gasteiger partial charge in [-0.1, -0.05) is 76.2 Å². The van der Waals surface area contributed by atoms with E-state index in [1.807, 2.05) is 149 Å². The maximum atomic E-state index is 9.75. The van der Waals surface area contributed by atoms with Crippen LogP contribution in [0, 0.1) is 71.6 Å². The monoisotopic (exact) mass is 1500 g/mol. The van der Waals surface area contributed by atoms with Crippen LogP contribution >= 0.6 is 0 Å². The van der Waals surface area contributed by atoms with Gasteiger partial charge in [-0.15, -0.1) is 0 Å². The van der Waals surface area contributed by atoms with Gasteiger partial charge in [0.1, 0.15) is 0 Å². The third kappa shape index (κ3) is 282. The van der Waals surface area contributed by atoms with Crippen LogP contribution in [0.5, 0.6) is 0 Å². The Labute approximate surface area is 574 Å². The van der Waals surface area contributed by atoms with E-state index in [2.05, 4.69) is 69.9 Å². The van der Waals surface area contributed by atoms with E-state index >= 15 is 0 Å². The van der Waals surface area contributed by atoms with Gasteiger partial charge in [-0.05, 0) is 0 Å². The van der Waals surface area contributed by atoms with Crippen molar-refractivity contribution in [3.8, 4) is 24.3 Å². The van der Waals surface area contributed by atoms with Gasteiger partial charge in [-0.25, -0.2) is 67.9 Å². The molecule has 88 heavy (non-hydrogen) atoms. The van der Waals surface area contributed by atoms with Crippen LogP contribution in [-0.2, 0) is 119 Å². The summed E-state index contributed by atoms with van der Waals surface area (Å²) < 4.78 is 156. The van der Waals surface area contributed by atoms with Crippen LogP contribution < -0.4 is 0 Å². The van der Waals surface area contributed by atoms with Crippen molar-refractivity contribution in [3.63, 3.8) is 0 Å². The summed E-state index contributed by atoms with van der Waals surface area (Å²) >= 11 is 17.6. The molecule has 0 saturated carbocycles. The van der Waals surface area contributed by atoms with Gasteiger partial charge in [-0.3, -0.25) is 0 Å². The molecule has 36 heteroatoms. The molecule has 0 spiro atoms. The summed E-state index contributed by atoms with van der Waals surface area (Å²) in [6.07, 6.45) is 0. The summed E-state index contributed by atoms with van der Waals surface area (Å²) in [7, 11) is -24.0. The van der Waals surface area contributed by atoms with Crippen LogP contribution in [0.25, 0.3) is 19.4 Å². The number of hydrogen-bond donors (Lipinski definition) is 0. The second kappa shape index (κ2) is 106. The zero-order valence-electron chi connectivity index (χ0n) is 48.0. The Morgan fingerprint density at radius 3 is 0.420 bits per heavy atom. The fraction of sp³-hybridized carbons (Fsp3) is 0.231. The Morgan fingerprint density at radius 2 is 0.386 bits per heavy atom. The molecule has 8 nitrogen and oxygen atoms in total. The first-order valence-corrected chi connectivity index (χ1v) is 24.8. The normalized spacial score (nSPS) is 7.50. The number of benzene rings is 2. The number of halogens is 16. The molecular weight excluding hydrogens is 1440 g/mol. The van der Waals surface area contributed by atoms with Crippen molar-refractivity contribution in [2.45, 2.75) is 55.4 Å². The van der Waals surface area contributed by atoms with E-state index in [0.29, 0.717) is 22.7 Å². The van der Waals surface area contributed by atoms with Gasteiger partial charge in [0.2, 0.25) is 0 Å². The Morgan fingerprint density at radius 1 is 0.318 bits per heavy atom. The van der Waals surface area contributed by atoms with Gasteiger partial charge in [0, 0.05) is 27.7 Å². The zero-order valence-corrected chi connectivity index (χ0v) is 55.7. The summed E-state index contributed by atoms with van der Waals surface area (Å²) in [5.41, 5.74) is 2.31. The molecule has 0 amide bonds. The fourth-order valence-electron chi connectivity index (χ4n) is 2.49. The van der Waals surface area contributed by atoms with Crippen molar-refractivity contribution in [1.29, 1.82) is 21.0 Å². The van der Waals surface area contributed by atoms with E-state index in [4.69, 9.17) is 47.3 Å². The smallest absolute Gasteiger partial charge is 0.793 e. The second-order valence-corrected chi connectivity index (χ2v) is 13.7. The molecular formula is C52H60B4F16Fe4N8S4. The van der Waals surface area contributed by atoms with Crippen molar-refractivity contribution in [1.82, 2.24) is 0 Å². The zero-order chi connectivity index (χ0) is 68.6. The molecule has 0 heterocycles. The van der Waals surface area contributed by atoms with Crippen LogP contribution in [0.3, 0.4) is 0 Å². The molecule has 0 N–H and O–H groups in total. The topological polar surface area (TPSA) is 113 Å². The van der Waals surface area contributed by atoms with E-state index in [1.54, 1.807) is 72.8 Å². The predicted molar refractivity (Wildman–Crippen MR) is 324 cm³/mol. The molecule has 0 aliphatic carbocycles. The number of nitriles is 4. The van der Waals surface area contributed by atoms with Crippen LogP contribution in [-0.4, -0.2) is 52.0 Å². The minimum absolute atomic E-state index is 0. The molecule has 0 unspecified atom stereocenters. The van der Waals surface area contributed by atoms with Gasteiger partial charge in [0.15, 0.2) is 22.7 Å². The van der Waals surface area contributed by atoms with Gasteiger partial charge < -0.3 is 120 Å². The molecule has 0 fully saturated rings. The minimum atomic E-state index is -6.00. The third-order valence-electron chi connectivity index (χ3n) is 4.44. The third-order valence-corrected chi connectivity index (χ3v) is 4.44. The molecule has 6 rings (SSSR count). The second-order valence-electron chi connectivity index (χ2n) is 11.4. The quantitative estimate of drug-likeness (QED) is 0.0640. The van der Waals surface area contributed by atoms with E-state index in [9.17, 15) is 69.1 Å². The van der Waals surface area contributed by atoms with E-state index in [0.717, 1.165) is 23.0 Å². The molecule has 0 aliphatic heterocycles. The van der Waals surface area contributed by atoms with Crippen LogP contribution in [0.1, 0.15) is 55.4 Å². The van der Waals surface area contributed by atoms with Crippen molar-refractivity contribution >= 4 is 102 Å². The average Bonchev–Trinajstić information content (AvgIpc) is 4.26. The van der Waals surface area contributed by atoms with Crippen LogP contribution in [0.4, 0.5) is 91.8 Å². The van der Waals surface area contributed by atoms with Gasteiger partial charge in [0.05, 0.1) is 50.6 Å². The fourth-order valence-corrected chi connectivity index (χ4v) is 2.49. The molecule has 4 radical (unpaired) electrons. The van der Waals surface area contributed by atoms with Crippen molar-refractivity contribution in [2.75, 3.05) is 23.0 Å². The van der Waals surface area contributed by atoms with Crippen LogP contribution in [0.2, 0.25) is 0 Å². The summed E-state index contributed by atoms with van der Waals surface area (Å²) in [5.74, 6) is 3.33. The van der Waals surface area contributed by atoms with E-state index < -0.39 is 29.0 Å². The molecule has 0 bridgehead atoms. The Hall–Kier alpha value is -5.62. The van der Waals surface area contributed by atoms with Crippen LogP contribution in [0.15, 0.2) is 170 Å². The molecule has 0 saturated heterocycles. The molecule has 0 aromatic heterocycles. The standard InChI is InChI=1S/2C8H4N2.4C5H5.4C2H3N.4C2H6S.4BF4.4Fe/c2*1-9-7-3-5-8(10-2)6-4-7;4*1-2-4-5-3-1;8*1-2-3;4*2-1(3,4)5;;;;/h2*3-6H;4*1-5H;4*1H3;4*3H,2H2,1H3;;;;;;;;/q;;4*-1;;;;;;;;;4*-1;4*+3/p-4. The first-order chi connectivity index (χ1) is 39.0. The SMILES string of the molecule is CC#N.CC#N.CC#N.CC#N.CC[S-].CC[S-].CC[S-].CC[S-].F[B-](F)(F)F.F[B-](F)(F)F.F[B-](F)(F)F.F[B-](F)(F)F.[C-]#[N+]c1ccc([N+]#[C-])cc1.[C-]#[N+]c1ccc([N+]#[C-])cc1.[Fe+3].[Fe+3].[Fe+3].[Fe+3].c1cc[cH-]c1.c1cc[cH-]c1.c1cc[cH-]c1.c1cc[cH-]c1. The first kappa shape index (κ1) is 124. The van der Waals surface area contributed by atoms with E-state index in [-0.39, 0.29) is 68.3 Å². The van der Waals surface area contributed by atoms with Gasteiger partial charge >= 0.3 is 97.3 Å². The summed E-state index contributed by atoms with van der Waals surface area (Å²) in [4.78, 5) is 12.8. The molecule has 488 valence electrons. The summed E-state index contributed by atoms with van der Waals surface area (Å²) in [5, 5.41) is 29.3. The Bertz CT molecular complexity index is 2000. The minimum Gasteiger partial charge on any atom is -0.793 e. The molecule has 6 aromatic carbocycles. The summed E-state index contributed by atoms with van der Waals surface area (Å²) in [6, 6.07) is 60.1. The Balaban J connectivity index is -0.0000000452. The molecule has 0 aliphatic rings. The number of rotatable bonds is 0. The van der Waals surface area contributed by atoms with Gasteiger partial charge in [0.25, 0.3) is 0 Å². The van der Waals surface area contributed by atoms with Gasteiger partial charge in [-0.2, -0.15) is 117 Å². The molecule has 6 aromatic rings. The predicted octanol–water partition coefficient (Wildman–Crippen LogP) is 20.7. The maximum Gasteiger partial charge on any atom is 3.00 e. The average molecular weight is 1500 g/mol. The molecule has 0 atom stereocenters. The summed E-state index contributed by atoms with van der Waals surface area (Å²) in [6.45, 7) is 40.0. The maximum absolute atomic E-state index is 9.75. The first-order valence-electron chi connectivity index (χ1n) is 22.5. The number of nitrogens with zero attached hydrogens (tertiary/aromatic N) is 8. The van der Waals surface area contributed by atoms with Crippen molar-refractivity contribution < 1.29 is 137 Å². The van der Waals surface area contributed by atoms with E-state index in [1.165, 1.54) is 27.7 Å².